The molecule has 0 aliphatic carbocycles. The van der Waals surface area contributed by atoms with E-state index in [1.807, 2.05) is 4.89 Å². The molecule has 0 aromatic heterocycles. The maximum Gasteiger partial charge on any atom is 0.339 e. The molecule has 8 nitrogen and oxygen atoms in total. The topological polar surface area (TPSA) is 111 Å². The van der Waals surface area contributed by atoms with Crippen LogP contribution in [0.4, 0.5) is 0 Å². The Labute approximate surface area is 122 Å². The third kappa shape index (κ3) is 4.97. The Morgan fingerprint density at radius 1 is 1.33 bits per heavy atom. The first-order valence-electron chi connectivity index (χ1n) is 6.05. The molecule has 0 aliphatic rings. The van der Waals surface area contributed by atoms with Crippen molar-refractivity contribution in [2.45, 2.75) is 11.8 Å². The molecule has 0 amide bonds. The molecular formula is C12H17NO7S. The zero-order chi connectivity index (χ0) is 15.9. The van der Waals surface area contributed by atoms with Gasteiger partial charge in [0.25, 0.3) is 10.0 Å². The van der Waals surface area contributed by atoms with Crippen molar-refractivity contribution < 1.29 is 32.6 Å². The van der Waals surface area contributed by atoms with Gasteiger partial charge in [-0.25, -0.2) is 13.2 Å². The lowest BCUT2D eigenvalue weighted by molar-refractivity contribution is 0.0438. The number of carboxylic acids is 1. The van der Waals surface area contributed by atoms with Crippen molar-refractivity contribution in [3.63, 3.8) is 0 Å². The van der Waals surface area contributed by atoms with E-state index in [9.17, 15) is 13.2 Å². The molecule has 0 saturated carbocycles. The van der Waals surface area contributed by atoms with Gasteiger partial charge in [0, 0.05) is 7.11 Å². The summed E-state index contributed by atoms with van der Waals surface area (Å²) in [5.74, 6) is -1.18. The molecule has 0 spiro atoms. The van der Waals surface area contributed by atoms with Crippen molar-refractivity contribution in [1.82, 2.24) is 4.89 Å². The van der Waals surface area contributed by atoms with E-state index in [0.717, 1.165) is 6.07 Å². The standard InChI is InChI=1S/C12H17NO7S/c1-3-19-11-5-4-9(8-10(11)12(14)15)21(16,17)13-20-7-6-18-2/h4-5,8,13H,3,6-7H2,1-2H3,(H,14,15). The highest BCUT2D eigenvalue weighted by Crippen LogP contribution is 2.22. The third-order valence-electron chi connectivity index (χ3n) is 2.35. The zero-order valence-corrected chi connectivity index (χ0v) is 12.5. The molecule has 21 heavy (non-hydrogen) atoms. The van der Waals surface area contributed by atoms with Crippen molar-refractivity contribution in [1.29, 1.82) is 0 Å². The van der Waals surface area contributed by atoms with Crippen molar-refractivity contribution >= 4 is 16.0 Å². The first-order chi connectivity index (χ1) is 9.92. The highest BCUT2D eigenvalue weighted by Gasteiger charge is 2.19. The summed E-state index contributed by atoms with van der Waals surface area (Å²) in [5.41, 5.74) is -0.239. The van der Waals surface area contributed by atoms with Crippen LogP contribution in [0, 0.1) is 0 Å². The number of hydrogen-bond donors (Lipinski definition) is 2. The van der Waals surface area contributed by atoms with Gasteiger partial charge in [-0.2, -0.15) is 0 Å². The predicted molar refractivity (Wildman–Crippen MR) is 72.7 cm³/mol. The van der Waals surface area contributed by atoms with Gasteiger partial charge in [-0.3, -0.25) is 4.84 Å². The molecule has 0 atom stereocenters. The van der Waals surface area contributed by atoms with Crippen LogP contribution in [-0.2, 0) is 19.6 Å². The second kappa shape index (κ2) is 7.93. The summed E-state index contributed by atoms with van der Waals surface area (Å²) in [4.78, 5) is 17.5. The summed E-state index contributed by atoms with van der Waals surface area (Å²) in [6.07, 6.45) is 0. The molecule has 1 aromatic rings. The molecule has 9 heteroatoms. The molecule has 118 valence electrons. The van der Waals surface area contributed by atoms with E-state index in [2.05, 4.69) is 0 Å². The lowest BCUT2D eigenvalue weighted by Crippen LogP contribution is -2.26. The van der Waals surface area contributed by atoms with E-state index in [4.69, 9.17) is 19.4 Å². The van der Waals surface area contributed by atoms with Gasteiger partial charge in [0.2, 0.25) is 0 Å². The third-order valence-corrected chi connectivity index (χ3v) is 3.56. The Balaban J connectivity index is 2.97. The zero-order valence-electron chi connectivity index (χ0n) is 11.7. The van der Waals surface area contributed by atoms with Crippen LogP contribution in [0.5, 0.6) is 5.75 Å². The number of sulfonamides is 1. The fraction of sp³-hybridized carbons (Fsp3) is 0.417. The second-order valence-corrected chi connectivity index (χ2v) is 5.47. The molecule has 0 heterocycles. The lowest BCUT2D eigenvalue weighted by atomic mass is 10.2. The van der Waals surface area contributed by atoms with Gasteiger partial charge in [-0.15, -0.1) is 0 Å². The Kier molecular flexibility index (Phi) is 6.56. The molecule has 0 radical (unpaired) electrons. The van der Waals surface area contributed by atoms with Crippen LogP contribution < -0.4 is 9.62 Å². The number of benzene rings is 1. The number of methoxy groups -OCH3 is 1. The maximum absolute atomic E-state index is 11.9. The number of aromatic carboxylic acids is 1. The van der Waals surface area contributed by atoms with E-state index >= 15 is 0 Å². The van der Waals surface area contributed by atoms with Gasteiger partial charge in [-0.1, -0.05) is 4.89 Å². The van der Waals surface area contributed by atoms with Gasteiger partial charge in [0.15, 0.2) is 0 Å². The van der Waals surface area contributed by atoms with Crippen molar-refractivity contribution in [3.05, 3.63) is 23.8 Å². The number of carbonyl (C=O) groups is 1. The van der Waals surface area contributed by atoms with Crippen LogP contribution in [0.15, 0.2) is 23.1 Å². The molecular weight excluding hydrogens is 302 g/mol. The summed E-state index contributed by atoms with van der Waals surface area (Å²) < 4.78 is 33.7. The summed E-state index contributed by atoms with van der Waals surface area (Å²) in [7, 11) is -2.53. The lowest BCUT2D eigenvalue weighted by Gasteiger charge is -2.10. The fourth-order valence-corrected chi connectivity index (χ4v) is 2.27. The molecule has 0 unspecified atom stereocenters. The average molecular weight is 319 g/mol. The minimum atomic E-state index is -3.98. The smallest absolute Gasteiger partial charge is 0.339 e. The van der Waals surface area contributed by atoms with E-state index < -0.39 is 16.0 Å². The Hall–Kier alpha value is -1.68. The summed E-state index contributed by atoms with van der Waals surface area (Å²) >= 11 is 0. The maximum atomic E-state index is 11.9. The Bertz CT molecular complexity index is 585. The van der Waals surface area contributed by atoms with Gasteiger partial charge >= 0.3 is 5.97 Å². The van der Waals surface area contributed by atoms with Gasteiger partial charge in [0.05, 0.1) is 24.7 Å². The summed E-state index contributed by atoms with van der Waals surface area (Å²) in [6, 6.07) is 3.53. The monoisotopic (exact) mass is 319 g/mol. The predicted octanol–water partition coefficient (Wildman–Crippen LogP) is 0.640. The Morgan fingerprint density at radius 2 is 2.05 bits per heavy atom. The van der Waals surface area contributed by atoms with Crippen LogP contribution in [0.2, 0.25) is 0 Å². The highest BCUT2D eigenvalue weighted by atomic mass is 32.2. The average Bonchev–Trinajstić information content (AvgIpc) is 2.44. The fourth-order valence-electron chi connectivity index (χ4n) is 1.42. The minimum Gasteiger partial charge on any atom is -0.493 e. The first-order valence-corrected chi connectivity index (χ1v) is 7.53. The van der Waals surface area contributed by atoms with Crippen molar-refractivity contribution in [2.75, 3.05) is 26.9 Å². The van der Waals surface area contributed by atoms with Crippen LogP contribution in [0.1, 0.15) is 17.3 Å². The quantitative estimate of drug-likeness (QED) is 0.507. The second-order valence-electron chi connectivity index (χ2n) is 3.82. The SMILES string of the molecule is CCOc1ccc(S(=O)(=O)NOCCOC)cc1C(=O)O. The molecule has 0 fully saturated rings. The van der Waals surface area contributed by atoms with E-state index in [1.165, 1.54) is 19.2 Å². The van der Waals surface area contributed by atoms with Crippen molar-refractivity contribution in [2.24, 2.45) is 0 Å². The van der Waals surface area contributed by atoms with Crippen molar-refractivity contribution in [3.8, 4) is 5.75 Å². The molecule has 0 saturated heterocycles. The summed E-state index contributed by atoms with van der Waals surface area (Å²) in [5, 5.41) is 9.09. The molecule has 2 N–H and O–H groups in total. The Morgan fingerprint density at radius 3 is 2.62 bits per heavy atom. The number of ether oxygens (including phenoxy) is 2. The normalized spacial score (nSPS) is 11.3. The largest absolute Gasteiger partial charge is 0.493 e. The molecule has 1 rings (SSSR count). The number of hydrogen-bond acceptors (Lipinski definition) is 6. The number of nitrogens with one attached hydrogen (secondary N) is 1. The van der Waals surface area contributed by atoms with E-state index in [-0.39, 0.29) is 36.0 Å². The molecule has 0 aliphatic heterocycles. The number of carboxylic acid groups (broad SMARTS) is 1. The highest BCUT2D eigenvalue weighted by molar-refractivity contribution is 7.89. The summed E-state index contributed by atoms with van der Waals surface area (Å²) in [6.45, 7) is 2.21. The van der Waals surface area contributed by atoms with Crippen LogP contribution in [0.25, 0.3) is 0 Å². The van der Waals surface area contributed by atoms with E-state index in [0.29, 0.717) is 0 Å². The van der Waals surface area contributed by atoms with Crippen LogP contribution in [-0.4, -0.2) is 46.4 Å². The number of rotatable bonds is 9. The molecule has 0 bridgehead atoms. The minimum absolute atomic E-state index is 0.0263. The van der Waals surface area contributed by atoms with Crippen LogP contribution in [0.3, 0.4) is 0 Å². The molecule has 1 aromatic carbocycles. The van der Waals surface area contributed by atoms with Gasteiger partial charge in [-0.05, 0) is 25.1 Å². The van der Waals surface area contributed by atoms with E-state index in [1.54, 1.807) is 6.92 Å². The van der Waals surface area contributed by atoms with Gasteiger partial charge < -0.3 is 14.6 Å². The van der Waals surface area contributed by atoms with Gasteiger partial charge in [0.1, 0.15) is 11.3 Å². The first kappa shape index (κ1) is 17.4. The van der Waals surface area contributed by atoms with Crippen LogP contribution >= 0.6 is 0 Å².